The molecule has 0 saturated carbocycles. The van der Waals surface area contributed by atoms with E-state index in [1.54, 1.807) is 0 Å². The number of nitrogens with two attached hydrogens (primary N) is 1. The van der Waals surface area contributed by atoms with Gasteiger partial charge in [-0.3, -0.25) is 24.0 Å². The predicted octanol–water partition coefficient (Wildman–Crippen LogP) is -1.37. The Morgan fingerprint density at radius 2 is 1.84 bits per heavy atom. The largest absolute Gasteiger partial charge is 0.508 e. The summed E-state index contributed by atoms with van der Waals surface area (Å²) in [5, 5.41) is 42.5. The second kappa shape index (κ2) is 6.33. The number of aliphatic hydroxyl groups excluding tert-OH is 2. The second-order valence-electron chi connectivity index (χ2n) is 7.39. The number of rotatable bonds is 2. The molecule has 0 fully saturated rings. The Hall–Kier alpha value is -3.83. The molecule has 160 valence electrons. The molecule has 0 aromatic heterocycles. The molecule has 4 rings (SSSR count). The van der Waals surface area contributed by atoms with Gasteiger partial charge in [-0.2, -0.15) is 0 Å². The molecule has 6 N–H and O–H groups in total. The minimum Gasteiger partial charge on any atom is -0.508 e. The van der Waals surface area contributed by atoms with Crippen LogP contribution in [0, 0.1) is 5.92 Å². The Morgan fingerprint density at radius 3 is 2.42 bits per heavy atom. The van der Waals surface area contributed by atoms with E-state index in [-0.39, 0.29) is 16.9 Å². The lowest BCUT2D eigenvalue weighted by atomic mass is 9.62. The number of fused-ring (bicyclic) bond motifs is 3. The molecule has 3 atom stereocenters. The topological polar surface area (TPSA) is 202 Å². The second-order valence-corrected chi connectivity index (χ2v) is 7.39. The van der Waals surface area contributed by atoms with E-state index in [1.165, 1.54) is 7.11 Å². The van der Waals surface area contributed by atoms with Crippen molar-refractivity contribution in [3.8, 4) is 5.75 Å². The first-order valence-corrected chi connectivity index (χ1v) is 8.93. The Bertz CT molecular complexity index is 1210. The number of primary amides is 1. The number of phenolic OH excluding ortho intramolecular Hbond substituents is 1. The number of aromatic hydroxyl groups is 1. The van der Waals surface area contributed by atoms with E-state index in [0.717, 1.165) is 12.1 Å². The molecule has 3 unspecified atom stereocenters. The van der Waals surface area contributed by atoms with Crippen LogP contribution in [0.3, 0.4) is 0 Å². The molecule has 3 aliphatic rings. The van der Waals surface area contributed by atoms with Gasteiger partial charge in [-0.1, -0.05) is 0 Å². The molecule has 0 bridgehead atoms. The summed E-state index contributed by atoms with van der Waals surface area (Å²) >= 11 is 0. The number of hydrogen-bond acceptors (Lipinski definition) is 10. The van der Waals surface area contributed by atoms with Gasteiger partial charge in [0, 0.05) is 17.6 Å². The lowest BCUT2D eigenvalue weighted by Gasteiger charge is -2.44. The van der Waals surface area contributed by atoms with Gasteiger partial charge in [-0.25, -0.2) is 0 Å². The molecule has 0 radical (unpaired) electrons. The first kappa shape index (κ1) is 20.4. The molecule has 0 spiro atoms. The van der Waals surface area contributed by atoms with E-state index in [9.17, 15) is 44.4 Å². The van der Waals surface area contributed by atoms with Crippen LogP contribution in [0.25, 0.3) is 0 Å². The van der Waals surface area contributed by atoms with Crippen molar-refractivity contribution >= 4 is 29.0 Å². The van der Waals surface area contributed by atoms with Crippen LogP contribution in [0.1, 0.15) is 36.6 Å². The summed E-state index contributed by atoms with van der Waals surface area (Å²) in [5.41, 5.74) is -0.485. The molecule has 0 saturated heterocycles. The number of phenols is 1. The zero-order chi connectivity index (χ0) is 23.0. The van der Waals surface area contributed by atoms with Gasteiger partial charge in [0.25, 0.3) is 5.91 Å². The third-order valence-corrected chi connectivity index (χ3v) is 5.87. The molecule has 31 heavy (non-hydrogen) atoms. The molecule has 1 amide bonds. The Balaban J connectivity index is 2.00. The minimum atomic E-state index is -2.97. The number of Topliss-reactive ketones (excluding diaryl/α,β-unsaturated/α-hetero) is 3. The summed E-state index contributed by atoms with van der Waals surface area (Å²) < 4.78 is 4.85. The lowest BCUT2D eigenvalue weighted by Crippen LogP contribution is -2.61. The predicted molar refractivity (Wildman–Crippen MR) is 98.2 cm³/mol. The van der Waals surface area contributed by atoms with Crippen molar-refractivity contribution in [2.24, 2.45) is 11.7 Å². The number of hydrogen-bond donors (Lipinski definition) is 5. The van der Waals surface area contributed by atoms with Crippen LogP contribution < -0.4 is 5.73 Å². The first-order chi connectivity index (χ1) is 14.5. The summed E-state index contributed by atoms with van der Waals surface area (Å²) in [4.78, 5) is 62.1. The van der Waals surface area contributed by atoms with Crippen LogP contribution >= 0.6 is 0 Å². The average molecular weight is 429 g/mol. The van der Waals surface area contributed by atoms with Gasteiger partial charge in [0.05, 0.1) is 18.2 Å². The highest BCUT2D eigenvalue weighted by molar-refractivity contribution is 6.27. The average Bonchev–Trinajstić information content (AvgIpc) is 2.70. The fourth-order valence-corrected chi connectivity index (χ4v) is 4.35. The van der Waals surface area contributed by atoms with E-state index in [1.807, 2.05) is 0 Å². The van der Waals surface area contributed by atoms with Crippen LogP contribution in [0.4, 0.5) is 0 Å². The van der Waals surface area contributed by atoms with Crippen LogP contribution in [0.5, 0.6) is 5.75 Å². The van der Waals surface area contributed by atoms with Crippen molar-refractivity contribution in [1.82, 2.24) is 0 Å². The van der Waals surface area contributed by atoms with Gasteiger partial charge in [-0.05, 0) is 18.1 Å². The number of amides is 1. The Labute approximate surface area is 173 Å². The summed E-state index contributed by atoms with van der Waals surface area (Å²) in [5.74, 6) is -9.93. The fraction of sp³-hybridized carbons (Fsp3) is 0.250. The Kier molecular flexibility index (Phi) is 4.18. The van der Waals surface area contributed by atoms with Crippen LogP contribution in [-0.2, 0) is 20.7 Å². The minimum absolute atomic E-state index is 0.0587. The molecule has 11 nitrogen and oxygen atoms in total. The molecule has 11 heteroatoms. The van der Waals surface area contributed by atoms with E-state index in [0.29, 0.717) is 0 Å². The highest BCUT2D eigenvalue weighted by Gasteiger charge is 2.61. The van der Waals surface area contributed by atoms with Gasteiger partial charge in [-0.15, -0.1) is 0 Å². The standard InChI is InChI=1S/C20H15NO10/c1-31-9-4-8(22)11-6(13(9)23)2-5-3-7-14(24)16(26)12(19(21)29)18(28)20(7,30)17(27)10(5)15(11)25/h2,4,7,14,24-25,28,30H,3H2,1H3,(H2,21,29). The molecular weight excluding hydrogens is 414 g/mol. The summed E-state index contributed by atoms with van der Waals surface area (Å²) in [7, 11) is 1.17. The third kappa shape index (κ3) is 2.38. The van der Waals surface area contributed by atoms with E-state index >= 15 is 0 Å². The van der Waals surface area contributed by atoms with Crippen LogP contribution in [0.2, 0.25) is 0 Å². The number of ketones is 4. The van der Waals surface area contributed by atoms with Crippen molar-refractivity contribution in [2.45, 2.75) is 18.1 Å². The SMILES string of the molecule is COC1=CC(=O)c2c(cc3c(c2O)C(=O)C2(O)C(O)=C(C(N)=O)C(=O)C(O)C2C3)C1=O. The highest BCUT2D eigenvalue weighted by atomic mass is 16.5. The number of allylic oxidation sites excluding steroid dienone is 2. The van der Waals surface area contributed by atoms with Crippen molar-refractivity contribution in [1.29, 1.82) is 0 Å². The number of carbonyl (C=O) groups is 5. The maximum Gasteiger partial charge on any atom is 0.255 e. The molecule has 0 aliphatic heterocycles. The third-order valence-electron chi connectivity index (χ3n) is 5.87. The fourth-order valence-electron chi connectivity index (χ4n) is 4.35. The van der Waals surface area contributed by atoms with E-state index < -0.39 is 81.3 Å². The Morgan fingerprint density at radius 1 is 1.19 bits per heavy atom. The quantitative estimate of drug-likeness (QED) is 0.349. The number of carbonyl (C=O) groups excluding carboxylic acids is 5. The number of benzene rings is 1. The van der Waals surface area contributed by atoms with Crippen molar-refractivity contribution in [2.75, 3.05) is 7.11 Å². The van der Waals surface area contributed by atoms with Crippen molar-refractivity contribution < 1.29 is 49.1 Å². The zero-order valence-corrected chi connectivity index (χ0v) is 15.8. The first-order valence-electron chi connectivity index (χ1n) is 8.93. The molecule has 3 aliphatic carbocycles. The van der Waals surface area contributed by atoms with Gasteiger partial charge >= 0.3 is 0 Å². The maximum absolute atomic E-state index is 13.2. The zero-order valence-electron chi connectivity index (χ0n) is 15.8. The summed E-state index contributed by atoms with van der Waals surface area (Å²) in [6.07, 6.45) is -1.73. The maximum atomic E-state index is 13.2. The summed E-state index contributed by atoms with van der Waals surface area (Å²) in [6, 6.07) is 1.12. The smallest absolute Gasteiger partial charge is 0.255 e. The van der Waals surface area contributed by atoms with Crippen molar-refractivity contribution in [3.05, 3.63) is 51.5 Å². The highest BCUT2D eigenvalue weighted by Crippen LogP contribution is 2.47. The summed E-state index contributed by atoms with van der Waals surface area (Å²) in [6.45, 7) is 0. The van der Waals surface area contributed by atoms with Crippen LogP contribution in [0.15, 0.2) is 29.2 Å². The van der Waals surface area contributed by atoms with Gasteiger partial charge < -0.3 is 30.9 Å². The monoisotopic (exact) mass is 429 g/mol. The number of methoxy groups -OCH3 is 1. The van der Waals surface area contributed by atoms with Crippen molar-refractivity contribution in [3.63, 3.8) is 0 Å². The lowest BCUT2D eigenvalue weighted by molar-refractivity contribution is -0.138. The van der Waals surface area contributed by atoms with Gasteiger partial charge in [0.1, 0.15) is 23.2 Å². The molecule has 0 heterocycles. The van der Waals surface area contributed by atoms with E-state index in [2.05, 4.69) is 0 Å². The molecule has 1 aromatic carbocycles. The van der Waals surface area contributed by atoms with Crippen LogP contribution in [-0.4, -0.2) is 68.3 Å². The van der Waals surface area contributed by atoms with Gasteiger partial charge in [0.15, 0.2) is 17.1 Å². The number of ether oxygens (including phenoxy) is 1. The number of aliphatic hydroxyl groups is 3. The molecule has 1 aromatic rings. The molecular formula is C20H15NO10. The van der Waals surface area contributed by atoms with Gasteiger partial charge in [0.2, 0.25) is 17.3 Å². The van der Waals surface area contributed by atoms with E-state index in [4.69, 9.17) is 10.5 Å². The normalized spacial score (nSPS) is 27.4.